The summed E-state index contributed by atoms with van der Waals surface area (Å²) in [5.74, 6) is 0.361. The van der Waals surface area contributed by atoms with Crippen molar-refractivity contribution in [2.75, 3.05) is 37.7 Å². The van der Waals surface area contributed by atoms with E-state index in [1.165, 1.54) is 0 Å². The van der Waals surface area contributed by atoms with Gasteiger partial charge < -0.3 is 15.0 Å². The quantitative estimate of drug-likeness (QED) is 0.757. The number of amides is 2. The summed E-state index contributed by atoms with van der Waals surface area (Å²) in [6, 6.07) is 6.08. The first kappa shape index (κ1) is 16.8. The highest BCUT2D eigenvalue weighted by Crippen LogP contribution is 2.45. The van der Waals surface area contributed by atoms with Crippen LogP contribution in [0.2, 0.25) is 0 Å². The molecule has 6 heteroatoms. The number of benzene rings is 1. The van der Waals surface area contributed by atoms with Crippen molar-refractivity contribution in [1.82, 2.24) is 10.6 Å². The fraction of sp³-hybridized carbons (Fsp3) is 0.556. The zero-order valence-corrected chi connectivity index (χ0v) is 14.4. The number of hydrogen-bond acceptors (Lipinski definition) is 5. The Hall–Kier alpha value is -2.08. The van der Waals surface area contributed by atoms with E-state index in [-0.39, 0.29) is 11.8 Å². The average molecular weight is 331 g/mol. The minimum atomic E-state index is -0.689. The van der Waals surface area contributed by atoms with Gasteiger partial charge in [0, 0.05) is 49.9 Å². The highest BCUT2D eigenvalue weighted by atomic mass is 16.5. The van der Waals surface area contributed by atoms with Crippen LogP contribution in [0, 0.1) is 0 Å². The van der Waals surface area contributed by atoms with Crippen LogP contribution in [-0.4, -0.2) is 44.6 Å². The molecule has 4 rings (SSSR count). The summed E-state index contributed by atoms with van der Waals surface area (Å²) >= 11 is 0. The van der Waals surface area contributed by atoms with Crippen molar-refractivity contribution in [2.24, 2.45) is 0 Å². The third-order valence-corrected chi connectivity index (χ3v) is 4.90. The SMILES string of the molecule is CC.O=C1CCC2(COc3cc(N4CCNCC4)ccc32)C(=O)N1. The number of carbonyl (C=O) groups excluding carboxylic acids is 2. The second-order valence-corrected chi connectivity index (χ2v) is 6.17. The number of fused-ring (bicyclic) bond motifs is 2. The molecule has 0 radical (unpaired) electrons. The van der Waals surface area contributed by atoms with E-state index in [2.05, 4.69) is 21.6 Å². The number of anilines is 1. The first-order valence-corrected chi connectivity index (χ1v) is 8.76. The smallest absolute Gasteiger partial charge is 0.240 e. The first-order chi connectivity index (χ1) is 11.7. The molecule has 3 heterocycles. The van der Waals surface area contributed by atoms with Crippen molar-refractivity contribution in [3.63, 3.8) is 0 Å². The number of rotatable bonds is 1. The molecule has 24 heavy (non-hydrogen) atoms. The molecule has 2 N–H and O–H groups in total. The Labute approximate surface area is 142 Å². The van der Waals surface area contributed by atoms with Gasteiger partial charge in [0.05, 0.1) is 0 Å². The monoisotopic (exact) mass is 331 g/mol. The molecular weight excluding hydrogens is 306 g/mol. The van der Waals surface area contributed by atoms with Crippen molar-refractivity contribution in [1.29, 1.82) is 0 Å². The van der Waals surface area contributed by atoms with Crippen LogP contribution in [0.4, 0.5) is 5.69 Å². The number of nitrogens with one attached hydrogen (secondary N) is 2. The number of nitrogens with zero attached hydrogens (tertiary/aromatic N) is 1. The molecule has 2 saturated heterocycles. The standard InChI is InChI=1S/C16H19N3O3.C2H6/c20-14-3-4-16(15(21)18-14)10-22-13-9-11(1-2-12(13)16)19-7-5-17-6-8-19;1-2/h1-2,9,17H,3-8,10H2,(H,18,20,21);1-2H3. The number of piperidine rings is 1. The van der Waals surface area contributed by atoms with Crippen LogP contribution < -0.4 is 20.3 Å². The molecule has 2 amide bonds. The van der Waals surface area contributed by atoms with Gasteiger partial charge in [-0.15, -0.1) is 0 Å². The van der Waals surface area contributed by atoms with E-state index in [0.717, 1.165) is 43.2 Å². The number of imide groups is 1. The summed E-state index contributed by atoms with van der Waals surface area (Å²) in [6.07, 6.45) is 0.895. The van der Waals surface area contributed by atoms with E-state index in [1.807, 2.05) is 26.0 Å². The van der Waals surface area contributed by atoms with Crippen LogP contribution in [0.1, 0.15) is 32.3 Å². The summed E-state index contributed by atoms with van der Waals surface area (Å²) in [6.45, 7) is 8.23. The van der Waals surface area contributed by atoms with Crippen LogP contribution in [0.5, 0.6) is 5.75 Å². The molecule has 1 aromatic carbocycles. The van der Waals surface area contributed by atoms with Gasteiger partial charge in [0.15, 0.2) is 0 Å². The van der Waals surface area contributed by atoms with Gasteiger partial charge in [0.25, 0.3) is 0 Å². The Balaban J connectivity index is 0.000000815. The highest BCUT2D eigenvalue weighted by molar-refractivity contribution is 6.04. The van der Waals surface area contributed by atoms with E-state index < -0.39 is 5.41 Å². The predicted molar refractivity (Wildman–Crippen MR) is 92.4 cm³/mol. The molecule has 0 saturated carbocycles. The lowest BCUT2D eigenvalue weighted by Crippen LogP contribution is -2.52. The minimum Gasteiger partial charge on any atom is -0.492 e. The van der Waals surface area contributed by atoms with Gasteiger partial charge >= 0.3 is 0 Å². The maximum absolute atomic E-state index is 12.3. The molecule has 1 atom stereocenters. The highest BCUT2D eigenvalue weighted by Gasteiger charge is 2.50. The van der Waals surface area contributed by atoms with Gasteiger partial charge in [-0.1, -0.05) is 19.9 Å². The zero-order chi connectivity index (χ0) is 17.2. The predicted octanol–water partition coefficient (Wildman–Crippen LogP) is 1.19. The van der Waals surface area contributed by atoms with Crippen LogP contribution in [-0.2, 0) is 15.0 Å². The maximum Gasteiger partial charge on any atom is 0.240 e. The van der Waals surface area contributed by atoms with Crippen LogP contribution in [0.25, 0.3) is 0 Å². The first-order valence-electron chi connectivity index (χ1n) is 8.76. The van der Waals surface area contributed by atoms with Crippen molar-refractivity contribution in [3.05, 3.63) is 23.8 Å². The Bertz CT molecular complexity index is 640. The molecule has 1 unspecified atom stereocenters. The molecule has 130 valence electrons. The van der Waals surface area contributed by atoms with Crippen LogP contribution in [0.15, 0.2) is 18.2 Å². The molecule has 0 aromatic heterocycles. The van der Waals surface area contributed by atoms with E-state index >= 15 is 0 Å². The van der Waals surface area contributed by atoms with E-state index in [4.69, 9.17) is 4.74 Å². The van der Waals surface area contributed by atoms with E-state index in [1.54, 1.807) is 0 Å². The van der Waals surface area contributed by atoms with Gasteiger partial charge in [0.2, 0.25) is 11.8 Å². The molecule has 2 fully saturated rings. The molecule has 1 aromatic rings. The lowest BCUT2D eigenvalue weighted by atomic mass is 9.75. The number of hydrogen-bond donors (Lipinski definition) is 2. The van der Waals surface area contributed by atoms with Crippen molar-refractivity contribution in [2.45, 2.75) is 32.1 Å². The zero-order valence-electron chi connectivity index (χ0n) is 14.4. The Morgan fingerprint density at radius 2 is 1.92 bits per heavy atom. The van der Waals surface area contributed by atoms with Gasteiger partial charge in [-0.05, 0) is 12.5 Å². The third-order valence-electron chi connectivity index (χ3n) is 4.90. The summed E-state index contributed by atoms with van der Waals surface area (Å²) < 4.78 is 5.81. The molecule has 1 spiro atoms. The molecule has 0 bridgehead atoms. The molecule has 0 aliphatic carbocycles. The van der Waals surface area contributed by atoms with E-state index in [0.29, 0.717) is 19.4 Å². The Kier molecular flexibility index (Phi) is 4.76. The molecule has 3 aliphatic heterocycles. The molecule has 6 nitrogen and oxygen atoms in total. The van der Waals surface area contributed by atoms with E-state index in [9.17, 15) is 9.59 Å². The average Bonchev–Trinajstić information content (AvgIpc) is 3.00. The second-order valence-electron chi connectivity index (χ2n) is 6.17. The van der Waals surface area contributed by atoms with Crippen LogP contribution in [0.3, 0.4) is 0 Å². The lowest BCUT2D eigenvalue weighted by Gasteiger charge is -2.31. The third kappa shape index (κ3) is 2.75. The number of carbonyl (C=O) groups is 2. The lowest BCUT2D eigenvalue weighted by molar-refractivity contribution is -0.138. The van der Waals surface area contributed by atoms with Crippen molar-refractivity contribution in [3.8, 4) is 5.75 Å². The van der Waals surface area contributed by atoms with Gasteiger partial charge in [-0.2, -0.15) is 0 Å². The van der Waals surface area contributed by atoms with Crippen molar-refractivity contribution >= 4 is 17.5 Å². The van der Waals surface area contributed by atoms with Gasteiger partial charge in [-0.25, -0.2) is 0 Å². The maximum atomic E-state index is 12.3. The minimum absolute atomic E-state index is 0.193. The summed E-state index contributed by atoms with van der Waals surface area (Å²) in [7, 11) is 0. The number of piperazine rings is 1. The van der Waals surface area contributed by atoms with Crippen LogP contribution >= 0.6 is 0 Å². The normalized spacial score (nSPS) is 25.5. The largest absolute Gasteiger partial charge is 0.492 e. The number of ether oxygens (including phenoxy) is 1. The Morgan fingerprint density at radius 3 is 2.62 bits per heavy atom. The molecule has 3 aliphatic rings. The Morgan fingerprint density at radius 1 is 1.17 bits per heavy atom. The summed E-state index contributed by atoms with van der Waals surface area (Å²) in [5.41, 5.74) is 1.35. The van der Waals surface area contributed by atoms with Gasteiger partial charge in [0.1, 0.15) is 17.8 Å². The topological polar surface area (TPSA) is 70.7 Å². The summed E-state index contributed by atoms with van der Waals surface area (Å²) in [4.78, 5) is 26.1. The van der Waals surface area contributed by atoms with Crippen molar-refractivity contribution < 1.29 is 14.3 Å². The fourth-order valence-electron chi connectivity index (χ4n) is 3.57. The fourth-order valence-corrected chi connectivity index (χ4v) is 3.57. The second kappa shape index (κ2) is 6.81. The van der Waals surface area contributed by atoms with Gasteiger partial charge in [-0.3, -0.25) is 14.9 Å². The molecular formula is C18H25N3O3. The summed E-state index contributed by atoms with van der Waals surface area (Å²) in [5, 5.41) is 5.79.